The zero-order valence-electron chi connectivity index (χ0n) is 13.5. The number of aliphatic hydroxyl groups is 1. The van der Waals surface area contributed by atoms with Gasteiger partial charge in [0.15, 0.2) is 5.60 Å². The molecule has 0 rings (SSSR count). The highest BCUT2D eigenvalue weighted by atomic mass is 16.4. The fraction of sp³-hybridized carbons (Fsp3) is 0.938. The molecule has 21 heavy (non-hydrogen) atoms. The Bertz CT molecular complexity index is 272. The second-order valence-electron chi connectivity index (χ2n) is 6.14. The third kappa shape index (κ3) is 10.7. The second-order valence-corrected chi connectivity index (χ2v) is 6.14. The minimum Gasteiger partial charge on any atom is -0.479 e. The molecule has 0 saturated heterocycles. The lowest BCUT2D eigenvalue weighted by atomic mass is 9.91. The van der Waals surface area contributed by atoms with E-state index in [1.54, 1.807) is 0 Å². The van der Waals surface area contributed by atoms with Crippen LogP contribution in [0.25, 0.3) is 0 Å². The van der Waals surface area contributed by atoms with Crippen molar-refractivity contribution in [2.75, 3.05) is 0 Å². The fourth-order valence-corrected chi connectivity index (χ4v) is 2.59. The van der Waals surface area contributed by atoms with Crippen molar-refractivity contribution in [3.8, 4) is 0 Å². The Kier molecular flexibility index (Phi) is 11.6. The maximum absolute atomic E-state index is 11.1. The van der Waals surface area contributed by atoms with E-state index in [-0.39, 0.29) is 12.8 Å². The first-order valence-corrected chi connectivity index (χ1v) is 8.39. The quantitative estimate of drug-likeness (QED) is 0.291. The Morgan fingerprint density at radius 2 is 1.38 bits per heavy atom. The number of carboxylic acids is 1. The van der Waals surface area contributed by atoms with Crippen LogP contribution >= 0.6 is 0 Å². The molecule has 0 saturated carbocycles. The molecule has 0 radical (unpaired) electrons. The SMILES string of the molecule is CCCCCCCCCCCCC(O)(CC(N)N)C(=O)O. The van der Waals surface area contributed by atoms with Crippen LogP contribution < -0.4 is 11.5 Å². The summed E-state index contributed by atoms with van der Waals surface area (Å²) >= 11 is 0. The predicted octanol–water partition coefficient (Wildman–Crippen LogP) is 2.75. The van der Waals surface area contributed by atoms with Gasteiger partial charge in [-0.25, -0.2) is 4.79 Å². The predicted molar refractivity (Wildman–Crippen MR) is 85.8 cm³/mol. The molecule has 0 aliphatic carbocycles. The molecule has 5 nitrogen and oxygen atoms in total. The first-order valence-electron chi connectivity index (χ1n) is 8.39. The van der Waals surface area contributed by atoms with Crippen molar-refractivity contribution in [3.05, 3.63) is 0 Å². The van der Waals surface area contributed by atoms with Crippen LogP contribution in [0.15, 0.2) is 0 Å². The number of aliphatic carboxylic acids is 1. The molecule has 1 atom stereocenters. The highest BCUT2D eigenvalue weighted by Gasteiger charge is 2.36. The molecule has 0 aliphatic heterocycles. The van der Waals surface area contributed by atoms with E-state index in [2.05, 4.69) is 6.92 Å². The largest absolute Gasteiger partial charge is 0.479 e. The molecule has 6 N–H and O–H groups in total. The number of hydrogen-bond donors (Lipinski definition) is 4. The van der Waals surface area contributed by atoms with E-state index in [4.69, 9.17) is 16.6 Å². The number of nitrogens with two attached hydrogens (primary N) is 2. The minimum absolute atomic E-state index is 0.0975. The average Bonchev–Trinajstić information content (AvgIpc) is 2.40. The number of hydrogen-bond acceptors (Lipinski definition) is 4. The van der Waals surface area contributed by atoms with Crippen LogP contribution in [0.1, 0.15) is 84.0 Å². The third-order valence-electron chi connectivity index (χ3n) is 3.92. The van der Waals surface area contributed by atoms with Crippen molar-refractivity contribution >= 4 is 5.97 Å². The molecule has 0 fully saturated rings. The topological polar surface area (TPSA) is 110 Å². The van der Waals surface area contributed by atoms with Gasteiger partial charge in [0.1, 0.15) is 0 Å². The van der Waals surface area contributed by atoms with E-state index >= 15 is 0 Å². The van der Waals surface area contributed by atoms with Crippen molar-refractivity contribution in [3.63, 3.8) is 0 Å². The maximum atomic E-state index is 11.1. The Balaban J connectivity index is 3.61. The highest BCUT2D eigenvalue weighted by Crippen LogP contribution is 2.21. The fourth-order valence-electron chi connectivity index (χ4n) is 2.59. The van der Waals surface area contributed by atoms with E-state index < -0.39 is 17.7 Å². The van der Waals surface area contributed by atoms with Crippen LogP contribution in [0.5, 0.6) is 0 Å². The summed E-state index contributed by atoms with van der Waals surface area (Å²) in [5.74, 6) is -1.22. The number of carbonyl (C=O) groups is 1. The zero-order chi connectivity index (χ0) is 16.1. The molecule has 0 spiro atoms. The first kappa shape index (κ1) is 20.3. The molecule has 0 aromatic carbocycles. The molecule has 0 amide bonds. The van der Waals surface area contributed by atoms with E-state index in [1.807, 2.05) is 0 Å². The Morgan fingerprint density at radius 1 is 0.952 bits per heavy atom. The monoisotopic (exact) mass is 302 g/mol. The van der Waals surface area contributed by atoms with Gasteiger partial charge in [0.25, 0.3) is 0 Å². The van der Waals surface area contributed by atoms with Gasteiger partial charge in [-0.05, 0) is 12.8 Å². The normalized spacial score (nSPS) is 14.3. The second kappa shape index (κ2) is 12.0. The lowest BCUT2D eigenvalue weighted by molar-refractivity contribution is -0.160. The summed E-state index contributed by atoms with van der Waals surface area (Å²) in [4.78, 5) is 11.1. The smallest absolute Gasteiger partial charge is 0.335 e. The third-order valence-corrected chi connectivity index (χ3v) is 3.92. The van der Waals surface area contributed by atoms with E-state index in [9.17, 15) is 9.90 Å². The molecule has 0 aromatic rings. The molecule has 0 bridgehead atoms. The lowest BCUT2D eigenvalue weighted by Gasteiger charge is -2.25. The standard InChI is InChI=1S/C16H34N2O3/c1-2-3-4-5-6-7-8-9-10-11-12-16(21,15(19)20)13-14(17)18/h14,21H,2-13,17-18H2,1H3,(H,19,20). The summed E-state index contributed by atoms with van der Waals surface area (Å²) in [6.07, 6.45) is 11.1. The van der Waals surface area contributed by atoms with Crippen LogP contribution in [0, 0.1) is 0 Å². The Morgan fingerprint density at radius 3 is 1.76 bits per heavy atom. The molecule has 0 heterocycles. The van der Waals surface area contributed by atoms with E-state index in [0.29, 0.717) is 6.42 Å². The van der Waals surface area contributed by atoms with Crippen LogP contribution in [0.4, 0.5) is 0 Å². The summed E-state index contributed by atoms with van der Waals surface area (Å²) in [5, 5.41) is 19.1. The van der Waals surface area contributed by atoms with Gasteiger partial charge in [0.05, 0.1) is 6.17 Å². The molecular formula is C16H34N2O3. The minimum atomic E-state index is -1.77. The van der Waals surface area contributed by atoms with Crippen LogP contribution in [0.3, 0.4) is 0 Å². The average molecular weight is 302 g/mol. The van der Waals surface area contributed by atoms with E-state index in [1.165, 1.54) is 44.9 Å². The summed E-state index contributed by atoms with van der Waals surface area (Å²) in [5.41, 5.74) is 9.01. The van der Waals surface area contributed by atoms with Gasteiger partial charge in [-0.2, -0.15) is 0 Å². The molecule has 5 heteroatoms. The number of carboxylic acid groups (broad SMARTS) is 1. The van der Waals surface area contributed by atoms with Crippen LogP contribution in [-0.4, -0.2) is 27.9 Å². The highest BCUT2D eigenvalue weighted by molar-refractivity contribution is 5.77. The van der Waals surface area contributed by atoms with Crippen LogP contribution in [0.2, 0.25) is 0 Å². The molecule has 0 aliphatic rings. The summed E-state index contributed by atoms with van der Waals surface area (Å²) in [6.45, 7) is 2.22. The van der Waals surface area contributed by atoms with Crippen LogP contribution in [-0.2, 0) is 4.79 Å². The van der Waals surface area contributed by atoms with Gasteiger partial charge in [-0.3, -0.25) is 0 Å². The number of rotatable bonds is 14. The summed E-state index contributed by atoms with van der Waals surface area (Å²) in [6, 6.07) is 0. The zero-order valence-corrected chi connectivity index (χ0v) is 13.5. The van der Waals surface area contributed by atoms with Crippen molar-refractivity contribution < 1.29 is 15.0 Å². The van der Waals surface area contributed by atoms with Crippen molar-refractivity contribution in [2.24, 2.45) is 11.5 Å². The van der Waals surface area contributed by atoms with Crippen molar-refractivity contribution in [2.45, 2.75) is 95.7 Å². The van der Waals surface area contributed by atoms with Gasteiger partial charge < -0.3 is 21.7 Å². The lowest BCUT2D eigenvalue weighted by Crippen LogP contribution is -2.47. The Hall–Kier alpha value is -0.650. The molecule has 0 aromatic heterocycles. The van der Waals surface area contributed by atoms with Crippen molar-refractivity contribution in [1.82, 2.24) is 0 Å². The Labute approximate surface area is 129 Å². The van der Waals surface area contributed by atoms with Gasteiger partial charge >= 0.3 is 5.97 Å². The first-order chi connectivity index (χ1) is 9.92. The number of unbranched alkanes of at least 4 members (excludes halogenated alkanes) is 9. The van der Waals surface area contributed by atoms with Gasteiger partial charge in [0, 0.05) is 6.42 Å². The van der Waals surface area contributed by atoms with Gasteiger partial charge in [-0.1, -0.05) is 64.7 Å². The van der Waals surface area contributed by atoms with Crippen molar-refractivity contribution in [1.29, 1.82) is 0 Å². The summed E-state index contributed by atoms with van der Waals surface area (Å²) in [7, 11) is 0. The van der Waals surface area contributed by atoms with Gasteiger partial charge in [-0.15, -0.1) is 0 Å². The molecule has 126 valence electrons. The van der Waals surface area contributed by atoms with E-state index in [0.717, 1.165) is 12.8 Å². The molecular weight excluding hydrogens is 268 g/mol. The maximum Gasteiger partial charge on any atom is 0.335 e. The van der Waals surface area contributed by atoms with Gasteiger partial charge in [0.2, 0.25) is 0 Å². The molecule has 1 unspecified atom stereocenters. The summed E-state index contributed by atoms with van der Waals surface area (Å²) < 4.78 is 0.